The molecule has 1 fully saturated rings. The molecule has 1 saturated heterocycles. The maximum atomic E-state index is 12.3. The Balaban J connectivity index is 0.000000296. The van der Waals surface area contributed by atoms with Crippen molar-refractivity contribution >= 4 is 35.1 Å². The molecule has 0 amide bonds. The van der Waals surface area contributed by atoms with E-state index in [1.807, 2.05) is 60.7 Å². The number of hydrogen-bond donors (Lipinski definition) is 0. The van der Waals surface area contributed by atoms with Gasteiger partial charge in [-0.15, -0.1) is 11.6 Å². The topological polar surface area (TPSA) is 99.2 Å². The first-order valence-corrected chi connectivity index (χ1v) is 14.5. The molecule has 1 aliphatic rings. The van der Waals surface area contributed by atoms with E-state index in [-0.39, 0.29) is 48.1 Å². The fourth-order valence-corrected chi connectivity index (χ4v) is 4.70. The summed E-state index contributed by atoms with van der Waals surface area (Å²) in [5.74, 6) is -1.50. The predicted octanol–water partition coefficient (Wildman–Crippen LogP) is 4.31. The number of aryl methyl sites for hydroxylation is 2. The van der Waals surface area contributed by atoms with Crippen molar-refractivity contribution in [2.45, 2.75) is 38.5 Å². The van der Waals surface area contributed by atoms with Gasteiger partial charge in [0.15, 0.2) is 0 Å². The first-order chi connectivity index (χ1) is 19.9. The Bertz CT molecular complexity index is 1060. The van der Waals surface area contributed by atoms with Gasteiger partial charge >= 0.3 is 11.9 Å². The van der Waals surface area contributed by atoms with Crippen LogP contribution in [0.3, 0.4) is 0 Å². The number of nitrogens with zero attached hydrogens (tertiary/aromatic N) is 1. The zero-order chi connectivity index (χ0) is 29.9. The van der Waals surface area contributed by atoms with Gasteiger partial charge in [-0.2, -0.15) is 0 Å². The van der Waals surface area contributed by atoms with Crippen LogP contribution < -0.4 is 0 Å². The van der Waals surface area contributed by atoms with Gasteiger partial charge in [-0.1, -0.05) is 60.7 Å². The third-order valence-corrected chi connectivity index (χ3v) is 7.22. The van der Waals surface area contributed by atoms with Crippen molar-refractivity contribution in [3.63, 3.8) is 0 Å². The number of esters is 2. The van der Waals surface area contributed by atoms with Crippen LogP contribution in [0.4, 0.5) is 0 Å². The molecule has 1 heterocycles. The lowest BCUT2D eigenvalue weighted by molar-refractivity contribution is -0.147. The van der Waals surface area contributed by atoms with Crippen LogP contribution in [0.5, 0.6) is 0 Å². The van der Waals surface area contributed by atoms with Gasteiger partial charge in [0.2, 0.25) is 0 Å². The number of carbonyl (C=O) groups is 4. The van der Waals surface area contributed by atoms with Crippen LogP contribution in [0, 0.1) is 11.8 Å². The Hall–Kier alpha value is -3.07. The maximum absolute atomic E-state index is 12.3. The highest BCUT2D eigenvalue weighted by atomic mass is 35.5. The van der Waals surface area contributed by atoms with Crippen molar-refractivity contribution in [2.24, 2.45) is 11.8 Å². The zero-order valence-electron chi connectivity index (χ0n) is 24.1. The van der Waals surface area contributed by atoms with Crippen LogP contribution in [0.15, 0.2) is 60.7 Å². The minimum Gasteiger partial charge on any atom is -0.469 e. The maximum Gasteiger partial charge on any atom is 0.309 e. The van der Waals surface area contributed by atoms with Gasteiger partial charge in [-0.05, 0) is 36.8 Å². The summed E-state index contributed by atoms with van der Waals surface area (Å²) in [6.07, 6.45) is 3.15. The van der Waals surface area contributed by atoms with Gasteiger partial charge in [0.25, 0.3) is 0 Å². The second-order valence-corrected chi connectivity index (χ2v) is 10.3. The number of benzene rings is 2. The average molecular weight is 588 g/mol. The van der Waals surface area contributed by atoms with Crippen LogP contribution >= 0.6 is 11.6 Å². The smallest absolute Gasteiger partial charge is 0.309 e. The van der Waals surface area contributed by atoms with E-state index in [1.165, 1.54) is 19.8 Å². The highest BCUT2D eigenvalue weighted by Crippen LogP contribution is 2.17. The normalized spacial score (nSPS) is 14.6. The van der Waals surface area contributed by atoms with E-state index in [9.17, 15) is 19.2 Å². The lowest BCUT2D eigenvalue weighted by Crippen LogP contribution is -2.40. The zero-order valence-corrected chi connectivity index (χ0v) is 24.9. The second kappa shape index (κ2) is 19.9. The summed E-state index contributed by atoms with van der Waals surface area (Å²) < 4.78 is 14.9. The molecule has 224 valence electrons. The number of hydrogen-bond acceptors (Lipinski definition) is 8. The highest BCUT2D eigenvalue weighted by Gasteiger charge is 2.24. The molecule has 0 N–H and O–H groups in total. The summed E-state index contributed by atoms with van der Waals surface area (Å²) in [5, 5.41) is 0. The Labute approximate surface area is 248 Å². The third-order valence-electron chi connectivity index (χ3n) is 6.92. The summed E-state index contributed by atoms with van der Waals surface area (Å²) in [7, 11) is 2.72. The molecule has 41 heavy (non-hydrogen) atoms. The van der Waals surface area contributed by atoms with E-state index >= 15 is 0 Å². The quantitative estimate of drug-likeness (QED) is 0.225. The molecule has 0 unspecified atom stereocenters. The Morgan fingerprint density at radius 1 is 0.756 bits per heavy atom. The number of ketones is 2. The third kappa shape index (κ3) is 13.9. The molecule has 0 aromatic heterocycles. The highest BCUT2D eigenvalue weighted by molar-refractivity contribution is 6.27. The van der Waals surface area contributed by atoms with E-state index in [1.54, 1.807) is 0 Å². The van der Waals surface area contributed by atoms with Crippen LogP contribution in [0.25, 0.3) is 0 Å². The van der Waals surface area contributed by atoms with Crippen molar-refractivity contribution in [3.8, 4) is 0 Å². The summed E-state index contributed by atoms with van der Waals surface area (Å²) in [5.41, 5.74) is 2.31. The molecule has 2 atom stereocenters. The first-order valence-electron chi connectivity index (χ1n) is 14.0. The van der Waals surface area contributed by atoms with Crippen molar-refractivity contribution in [1.29, 1.82) is 0 Å². The first kappa shape index (κ1) is 34.1. The van der Waals surface area contributed by atoms with Gasteiger partial charge in [-0.3, -0.25) is 24.1 Å². The number of ether oxygens (including phenoxy) is 3. The summed E-state index contributed by atoms with van der Waals surface area (Å²) >= 11 is 5.46. The summed E-state index contributed by atoms with van der Waals surface area (Å²) in [6, 6.07) is 19.8. The van der Waals surface area contributed by atoms with Gasteiger partial charge in [-0.25, -0.2) is 0 Å². The number of Topliss-reactive ketones (excluding diaryl/α,β-unsaturated/α-hetero) is 2. The molecule has 0 radical (unpaired) electrons. The second-order valence-electron chi connectivity index (χ2n) is 10.00. The summed E-state index contributed by atoms with van der Waals surface area (Å²) in [4.78, 5) is 49.2. The number of methoxy groups -OCH3 is 2. The summed E-state index contributed by atoms with van der Waals surface area (Å²) in [6.45, 7) is 3.28. The van der Waals surface area contributed by atoms with Gasteiger partial charge < -0.3 is 14.2 Å². The predicted molar refractivity (Wildman–Crippen MR) is 158 cm³/mol. The minimum atomic E-state index is -0.401. The Morgan fingerprint density at radius 3 is 1.61 bits per heavy atom. The molecule has 3 rings (SSSR count). The minimum absolute atomic E-state index is 0.0567. The molecule has 1 aliphatic heterocycles. The van der Waals surface area contributed by atoms with Crippen molar-refractivity contribution < 1.29 is 33.4 Å². The fraction of sp³-hybridized carbons (Fsp3) is 0.500. The monoisotopic (exact) mass is 587 g/mol. The molecule has 2 aromatic rings. The standard InChI is InChI=1S/C18H25NO4.C14H17ClO3/c1-22-18(21)16(8-7-15-5-3-2-4-6-15)13-17(20)14-19-9-11-23-12-10-19;1-18-14(17)12(9-13(16)10-15)8-7-11-5-3-2-4-6-11/h2-6,16H,7-14H2,1H3;2-6,12H,7-10H2,1H3/t16-;12-/m11/s1. The van der Waals surface area contributed by atoms with Crippen LogP contribution in [0.2, 0.25) is 0 Å². The Morgan fingerprint density at radius 2 is 1.20 bits per heavy atom. The van der Waals surface area contributed by atoms with Crippen LogP contribution in [-0.4, -0.2) is 81.4 Å². The van der Waals surface area contributed by atoms with Crippen molar-refractivity contribution in [2.75, 3.05) is 52.9 Å². The molecule has 0 saturated carbocycles. The number of carbonyl (C=O) groups excluding carboxylic acids is 4. The lowest BCUT2D eigenvalue weighted by atomic mass is 9.94. The number of halogens is 1. The van der Waals surface area contributed by atoms with E-state index in [2.05, 4.69) is 4.90 Å². The molecule has 9 heteroatoms. The van der Waals surface area contributed by atoms with Crippen molar-refractivity contribution in [1.82, 2.24) is 4.90 Å². The molecule has 2 aromatic carbocycles. The average Bonchev–Trinajstić information content (AvgIpc) is 3.02. The largest absolute Gasteiger partial charge is 0.469 e. The van der Waals surface area contributed by atoms with Crippen LogP contribution in [0.1, 0.15) is 36.8 Å². The molecule has 0 bridgehead atoms. The lowest BCUT2D eigenvalue weighted by Gasteiger charge is -2.26. The van der Waals surface area contributed by atoms with Gasteiger partial charge in [0.1, 0.15) is 11.6 Å². The number of morpholine rings is 1. The van der Waals surface area contributed by atoms with E-state index in [0.29, 0.717) is 32.6 Å². The number of rotatable bonds is 15. The molecule has 8 nitrogen and oxygen atoms in total. The van der Waals surface area contributed by atoms with E-state index < -0.39 is 5.92 Å². The molecular formula is C32H42ClNO7. The van der Waals surface area contributed by atoms with Crippen LogP contribution in [-0.2, 0) is 46.2 Å². The van der Waals surface area contributed by atoms with Crippen molar-refractivity contribution in [3.05, 3.63) is 71.8 Å². The molecule has 0 spiro atoms. The van der Waals surface area contributed by atoms with E-state index in [0.717, 1.165) is 31.5 Å². The van der Waals surface area contributed by atoms with E-state index in [4.69, 9.17) is 25.8 Å². The Kier molecular flexibility index (Phi) is 16.6. The molecular weight excluding hydrogens is 546 g/mol. The fourth-order valence-electron chi connectivity index (χ4n) is 4.59. The SMILES string of the molecule is COC(=O)[C@H](CCc1ccccc1)CC(=O)CCl.COC(=O)[C@H](CCc1ccccc1)CC(=O)CN1CCOCC1. The molecule has 0 aliphatic carbocycles. The number of alkyl halides is 1. The van der Waals surface area contributed by atoms with Gasteiger partial charge in [0, 0.05) is 25.9 Å². The van der Waals surface area contributed by atoms with Gasteiger partial charge in [0.05, 0.1) is 51.7 Å².